The average molecular weight is 1480 g/mol. The standard InChI is InChI=1S/C102H90N4Si4/c1-107(2,3)77-57-75(58-78(63-77)108(4,5)6)103(93-65-95-101(85-47-31-29-45-83(85)93)99-81-43-27-25-33-67(81)49-55-91(99)105(95)71-39-21-15-22-40-71)73-51-53-87-89(61-73)97(69-35-17-13-18-36-69)88-54-52-74(62-90(88)98(87)70-37-19-14-20-38-70)104(76-59-79(109(7,8)9)64-80(60-76)110(10,11)12)94-66-96-102(86-48-32-30-46-84(86)94)100-82-44-28-26-34-68(82)50-56-92(100)106(96)72-41-23-16-24-42-72/h13-66H,1-12H3. The van der Waals surface area contributed by atoms with E-state index in [0.29, 0.717) is 0 Å². The molecule has 0 saturated heterocycles. The molecule has 110 heavy (non-hydrogen) atoms. The first kappa shape index (κ1) is 68.9. The maximum Gasteiger partial charge on any atom is 0.0776 e. The molecule has 534 valence electrons. The molecule has 0 atom stereocenters. The lowest BCUT2D eigenvalue weighted by atomic mass is 9.85. The van der Waals surface area contributed by atoms with E-state index in [9.17, 15) is 0 Å². The molecule has 0 saturated carbocycles. The number of nitrogens with zero attached hydrogens (tertiary/aromatic N) is 4. The molecule has 0 fully saturated rings. The van der Waals surface area contributed by atoms with E-state index in [2.05, 4.69) is 425 Å². The molecule has 0 bridgehead atoms. The fourth-order valence-corrected chi connectivity index (χ4v) is 22.7. The van der Waals surface area contributed by atoms with Crippen molar-refractivity contribution in [3.63, 3.8) is 0 Å². The Morgan fingerprint density at radius 1 is 0.209 bits per heavy atom. The average Bonchev–Trinajstić information content (AvgIpc) is 1.53. The number of benzene rings is 17. The van der Waals surface area contributed by atoms with Crippen molar-refractivity contribution in [1.29, 1.82) is 0 Å². The molecular weight excluding hydrogens is 1390 g/mol. The van der Waals surface area contributed by atoms with Crippen LogP contribution in [-0.4, -0.2) is 41.4 Å². The zero-order valence-corrected chi connectivity index (χ0v) is 69.0. The third-order valence-electron chi connectivity index (χ3n) is 23.3. The van der Waals surface area contributed by atoms with Crippen LogP contribution in [0.5, 0.6) is 0 Å². The Hall–Kier alpha value is -11.6. The molecule has 0 aliphatic rings. The summed E-state index contributed by atoms with van der Waals surface area (Å²) in [5.74, 6) is 0. The highest BCUT2D eigenvalue weighted by Gasteiger charge is 2.32. The van der Waals surface area contributed by atoms with Gasteiger partial charge in [0.25, 0.3) is 0 Å². The summed E-state index contributed by atoms with van der Waals surface area (Å²) >= 11 is 0. The van der Waals surface area contributed by atoms with E-state index in [-0.39, 0.29) is 0 Å². The molecule has 0 amide bonds. The summed E-state index contributed by atoms with van der Waals surface area (Å²) < 4.78 is 5.06. The van der Waals surface area contributed by atoms with Crippen molar-refractivity contribution in [1.82, 2.24) is 9.13 Å². The Balaban J connectivity index is 0.936. The van der Waals surface area contributed by atoms with Crippen LogP contribution in [0.25, 0.3) is 142 Å². The summed E-state index contributed by atoms with van der Waals surface area (Å²) in [5.41, 5.74) is 18.6. The Bertz CT molecular complexity index is 6450. The van der Waals surface area contributed by atoms with E-state index < -0.39 is 32.3 Å². The summed E-state index contributed by atoms with van der Waals surface area (Å²) in [4.78, 5) is 5.32. The SMILES string of the molecule is C[Si](C)(C)c1cc(N(c2ccc3c(-c4ccccc4)c4cc(N(c5cc([Si](C)(C)C)cc([Si](C)(C)C)c5)c5cc6c(c7ccccc57)c5c7ccccc7ccc5n6-c5ccccc5)ccc4c(-c4ccccc4)c3c2)c2cc3c(c4ccccc24)c2c4ccccc4ccc2n3-c2ccccc2)cc([Si](C)(C)C)c1. The van der Waals surface area contributed by atoms with Gasteiger partial charge < -0.3 is 18.9 Å². The Morgan fingerprint density at radius 2 is 0.509 bits per heavy atom. The first-order valence-electron chi connectivity index (χ1n) is 39.1. The number of hydrogen-bond acceptors (Lipinski definition) is 2. The second-order valence-electron chi connectivity index (χ2n) is 34.5. The van der Waals surface area contributed by atoms with Gasteiger partial charge in [-0.3, -0.25) is 0 Å². The monoisotopic (exact) mass is 1480 g/mol. The van der Waals surface area contributed by atoms with Crippen molar-refractivity contribution in [2.45, 2.75) is 78.6 Å². The van der Waals surface area contributed by atoms with Crippen molar-refractivity contribution >= 4 is 195 Å². The highest BCUT2D eigenvalue weighted by atomic mass is 28.3. The fourth-order valence-electron chi connectivity index (χ4n) is 17.7. The van der Waals surface area contributed by atoms with E-state index >= 15 is 0 Å². The van der Waals surface area contributed by atoms with Crippen LogP contribution in [0.4, 0.5) is 34.1 Å². The van der Waals surface area contributed by atoms with E-state index in [4.69, 9.17) is 0 Å². The smallest absolute Gasteiger partial charge is 0.0776 e. The van der Waals surface area contributed by atoms with Gasteiger partial charge in [-0.05, 0) is 173 Å². The number of rotatable bonds is 14. The van der Waals surface area contributed by atoms with Gasteiger partial charge in [0.1, 0.15) is 0 Å². The molecule has 19 aromatic rings. The molecule has 19 rings (SSSR count). The minimum atomic E-state index is -1.94. The van der Waals surface area contributed by atoms with Crippen molar-refractivity contribution in [2.75, 3.05) is 9.80 Å². The van der Waals surface area contributed by atoms with Crippen molar-refractivity contribution in [3.8, 4) is 33.6 Å². The Morgan fingerprint density at radius 3 is 0.855 bits per heavy atom. The third kappa shape index (κ3) is 11.5. The molecule has 2 aromatic heterocycles. The minimum Gasteiger partial charge on any atom is -0.310 e. The molecule has 2 heterocycles. The molecule has 8 heteroatoms. The van der Waals surface area contributed by atoms with Crippen molar-refractivity contribution < 1.29 is 0 Å². The lowest BCUT2D eigenvalue weighted by molar-refractivity contribution is 1.18. The van der Waals surface area contributed by atoms with Crippen LogP contribution in [0.2, 0.25) is 78.6 Å². The van der Waals surface area contributed by atoms with Gasteiger partial charge in [-0.15, -0.1) is 0 Å². The molecular formula is C102H90N4Si4. The largest absolute Gasteiger partial charge is 0.310 e. The molecule has 0 unspecified atom stereocenters. The van der Waals surface area contributed by atoms with Gasteiger partial charge in [-0.1, -0.05) is 330 Å². The van der Waals surface area contributed by atoms with E-state index in [0.717, 1.165) is 34.1 Å². The minimum absolute atomic E-state index is 1.10. The lowest BCUT2D eigenvalue weighted by Gasteiger charge is -2.32. The molecule has 0 spiro atoms. The predicted octanol–water partition coefficient (Wildman–Crippen LogP) is 27.3. The van der Waals surface area contributed by atoms with E-state index in [1.807, 2.05) is 0 Å². The summed E-state index contributed by atoms with van der Waals surface area (Å²) in [6.45, 7) is 30.2. The van der Waals surface area contributed by atoms with Crippen LogP contribution in [0.3, 0.4) is 0 Å². The number of hydrogen-bond donors (Lipinski definition) is 0. The summed E-state index contributed by atoms with van der Waals surface area (Å²) in [5, 5.41) is 25.5. The number of anilines is 6. The first-order valence-corrected chi connectivity index (χ1v) is 53.1. The van der Waals surface area contributed by atoms with Crippen LogP contribution in [0.1, 0.15) is 0 Å². The zero-order chi connectivity index (χ0) is 75.3. The number of aromatic nitrogens is 2. The summed E-state index contributed by atoms with van der Waals surface area (Å²) in [7, 11) is -7.77. The van der Waals surface area contributed by atoms with Gasteiger partial charge in [0, 0.05) is 66.4 Å². The summed E-state index contributed by atoms with van der Waals surface area (Å²) in [6.07, 6.45) is 0. The van der Waals surface area contributed by atoms with Crippen molar-refractivity contribution in [3.05, 3.63) is 328 Å². The first-order chi connectivity index (χ1) is 53.1. The zero-order valence-electron chi connectivity index (χ0n) is 65.0. The van der Waals surface area contributed by atoms with Gasteiger partial charge in [0.05, 0.1) is 65.7 Å². The molecule has 0 radical (unpaired) electrons. The quantitative estimate of drug-likeness (QED) is 0.0797. The molecule has 0 N–H and O–H groups in total. The van der Waals surface area contributed by atoms with Crippen LogP contribution >= 0.6 is 0 Å². The lowest BCUT2D eigenvalue weighted by Crippen LogP contribution is -2.45. The van der Waals surface area contributed by atoms with Crippen LogP contribution in [0.15, 0.2) is 328 Å². The van der Waals surface area contributed by atoms with Gasteiger partial charge in [-0.25, -0.2) is 0 Å². The van der Waals surface area contributed by atoms with Gasteiger partial charge in [0.2, 0.25) is 0 Å². The Labute approximate surface area is 649 Å². The van der Waals surface area contributed by atoms with Gasteiger partial charge >= 0.3 is 0 Å². The maximum atomic E-state index is 2.66. The second-order valence-corrected chi connectivity index (χ2v) is 54.8. The van der Waals surface area contributed by atoms with Gasteiger partial charge in [-0.2, -0.15) is 0 Å². The van der Waals surface area contributed by atoms with Crippen molar-refractivity contribution in [2.24, 2.45) is 0 Å². The number of para-hydroxylation sites is 2. The topological polar surface area (TPSA) is 16.3 Å². The molecule has 0 aliphatic carbocycles. The fraction of sp³-hybridized carbons (Fsp3) is 0.118. The van der Waals surface area contributed by atoms with Crippen LogP contribution < -0.4 is 30.5 Å². The Kier molecular flexibility index (Phi) is 16.3. The molecule has 17 aromatic carbocycles. The van der Waals surface area contributed by atoms with Crippen LogP contribution in [0, 0.1) is 0 Å². The molecule has 4 nitrogen and oxygen atoms in total. The second kappa shape index (κ2) is 26.0. The van der Waals surface area contributed by atoms with E-state index in [1.165, 1.54) is 163 Å². The summed E-state index contributed by atoms with van der Waals surface area (Å²) in [6, 6.07) is 126. The normalized spacial score (nSPS) is 12.5. The highest BCUT2D eigenvalue weighted by molar-refractivity contribution is 6.92. The number of fused-ring (bicyclic) bond motifs is 16. The predicted molar refractivity (Wildman–Crippen MR) is 492 cm³/mol. The van der Waals surface area contributed by atoms with E-state index in [1.54, 1.807) is 0 Å². The highest BCUT2D eigenvalue weighted by Crippen LogP contribution is 2.53. The third-order valence-corrected chi connectivity index (χ3v) is 31.4. The van der Waals surface area contributed by atoms with Crippen LogP contribution in [-0.2, 0) is 0 Å². The van der Waals surface area contributed by atoms with Gasteiger partial charge in [0.15, 0.2) is 0 Å². The maximum absolute atomic E-state index is 2.66. The molecule has 0 aliphatic heterocycles.